The SMILES string of the molecule is CC1(c2ccc3nc[nH]c3c2)C=NNC(=O)C1. The number of hydrogen-bond donors (Lipinski definition) is 2. The van der Waals surface area contributed by atoms with E-state index in [1.807, 2.05) is 25.1 Å². The summed E-state index contributed by atoms with van der Waals surface area (Å²) in [6.45, 7) is 2.01. The summed E-state index contributed by atoms with van der Waals surface area (Å²) >= 11 is 0. The molecule has 1 atom stereocenters. The van der Waals surface area contributed by atoms with Gasteiger partial charge in [-0.25, -0.2) is 10.4 Å². The van der Waals surface area contributed by atoms with Crippen molar-refractivity contribution in [2.24, 2.45) is 5.10 Å². The molecule has 1 aromatic heterocycles. The molecule has 17 heavy (non-hydrogen) atoms. The Balaban J connectivity index is 2.10. The van der Waals surface area contributed by atoms with E-state index in [-0.39, 0.29) is 11.3 Å². The molecule has 1 amide bonds. The molecule has 0 spiro atoms. The smallest absolute Gasteiger partial charge is 0.241 e. The molecule has 1 aliphatic rings. The molecule has 1 aliphatic heterocycles. The van der Waals surface area contributed by atoms with Crippen molar-refractivity contribution < 1.29 is 4.79 Å². The highest BCUT2D eigenvalue weighted by Gasteiger charge is 2.30. The standard InChI is InChI=1S/C12H12N4O/c1-12(5-11(17)16-15-6-12)8-2-3-9-10(4-8)14-7-13-9/h2-4,6-7H,5H2,1H3,(H,13,14)(H,16,17). The van der Waals surface area contributed by atoms with E-state index in [0.29, 0.717) is 6.42 Å². The minimum atomic E-state index is -0.346. The molecule has 0 radical (unpaired) electrons. The first-order valence-electron chi connectivity index (χ1n) is 5.44. The largest absolute Gasteiger partial charge is 0.345 e. The predicted molar refractivity (Wildman–Crippen MR) is 64.7 cm³/mol. The molecular weight excluding hydrogens is 216 g/mol. The van der Waals surface area contributed by atoms with E-state index in [2.05, 4.69) is 20.5 Å². The highest BCUT2D eigenvalue weighted by molar-refractivity contribution is 5.90. The molecule has 5 nitrogen and oxygen atoms in total. The summed E-state index contributed by atoms with van der Waals surface area (Å²) in [7, 11) is 0. The van der Waals surface area contributed by atoms with E-state index in [0.717, 1.165) is 16.6 Å². The number of amides is 1. The number of H-pyrrole nitrogens is 1. The minimum absolute atomic E-state index is 0.0558. The van der Waals surface area contributed by atoms with E-state index in [9.17, 15) is 4.79 Å². The molecule has 0 aliphatic carbocycles. The number of imidazole rings is 1. The summed E-state index contributed by atoms with van der Waals surface area (Å²) < 4.78 is 0. The van der Waals surface area contributed by atoms with Crippen LogP contribution in [0.4, 0.5) is 0 Å². The van der Waals surface area contributed by atoms with Gasteiger partial charge in [0.1, 0.15) is 0 Å². The van der Waals surface area contributed by atoms with E-state index in [1.54, 1.807) is 12.5 Å². The Morgan fingerprint density at radius 2 is 2.29 bits per heavy atom. The molecule has 5 heteroatoms. The zero-order valence-corrected chi connectivity index (χ0v) is 9.40. The van der Waals surface area contributed by atoms with Crippen molar-refractivity contribution in [3.05, 3.63) is 30.1 Å². The first-order chi connectivity index (χ1) is 8.17. The highest BCUT2D eigenvalue weighted by atomic mass is 16.2. The van der Waals surface area contributed by atoms with Gasteiger partial charge in [0, 0.05) is 18.1 Å². The number of aromatic nitrogens is 2. The van der Waals surface area contributed by atoms with Gasteiger partial charge in [0.2, 0.25) is 5.91 Å². The molecular formula is C12H12N4O. The second kappa shape index (κ2) is 3.41. The van der Waals surface area contributed by atoms with Gasteiger partial charge in [-0.3, -0.25) is 4.79 Å². The van der Waals surface area contributed by atoms with Crippen LogP contribution in [0.5, 0.6) is 0 Å². The number of benzene rings is 1. The molecule has 3 rings (SSSR count). The fourth-order valence-corrected chi connectivity index (χ4v) is 2.13. The van der Waals surface area contributed by atoms with Crippen molar-refractivity contribution >= 4 is 23.2 Å². The van der Waals surface area contributed by atoms with Crippen molar-refractivity contribution in [1.29, 1.82) is 0 Å². The van der Waals surface area contributed by atoms with Crippen molar-refractivity contribution in [1.82, 2.24) is 15.4 Å². The molecule has 2 aromatic rings. The van der Waals surface area contributed by atoms with Gasteiger partial charge < -0.3 is 4.98 Å². The number of aromatic amines is 1. The lowest BCUT2D eigenvalue weighted by molar-refractivity contribution is -0.122. The van der Waals surface area contributed by atoms with E-state index in [1.165, 1.54) is 0 Å². The Bertz CT molecular complexity index is 616. The predicted octanol–water partition coefficient (Wildman–Crippen LogP) is 1.33. The number of hydrazone groups is 1. The number of fused-ring (bicyclic) bond motifs is 1. The van der Waals surface area contributed by atoms with Gasteiger partial charge in [-0.2, -0.15) is 5.10 Å². The lowest BCUT2D eigenvalue weighted by Crippen LogP contribution is -2.37. The molecule has 2 N–H and O–H groups in total. The lowest BCUT2D eigenvalue weighted by atomic mass is 9.79. The van der Waals surface area contributed by atoms with Crippen LogP contribution >= 0.6 is 0 Å². The average molecular weight is 228 g/mol. The maximum Gasteiger partial charge on any atom is 0.241 e. The van der Waals surface area contributed by atoms with Crippen LogP contribution in [0.2, 0.25) is 0 Å². The molecule has 0 saturated heterocycles. The lowest BCUT2D eigenvalue weighted by Gasteiger charge is -2.27. The van der Waals surface area contributed by atoms with Crippen LogP contribution < -0.4 is 5.43 Å². The van der Waals surface area contributed by atoms with Gasteiger partial charge in [0.15, 0.2) is 0 Å². The number of rotatable bonds is 1. The Labute approximate surface area is 97.9 Å². The third-order valence-electron chi connectivity index (χ3n) is 3.15. The quantitative estimate of drug-likeness (QED) is 0.773. The summed E-state index contributed by atoms with van der Waals surface area (Å²) in [4.78, 5) is 18.7. The fourth-order valence-electron chi connectivity index (χ4n) is 2.13. The highest BCUT2D eigenvalue weighted by Crippen LogP contribution is 2.29. The summed E-state index contributed by atoms with van der Waals surface area (Å²) in [5.74, 6) is -0.0558. The van der Waals surface area contributed by atoms with Gasteiger partial charge in [-0.05, 0) is 24.6 Å². The molecule has 1 aromatic carbocycles. The Kier molecular flexibility index (Phi) is 2.01. The number of carbonyl (C=O) groups is 1. The minimum Gasteiger partial charge on any atom is -0.345 e. The normalized spacial score (nSPS) is 23.9. The summed E-state index contributed by atoms with van der Waals surface area (Å²) in [5, 5.41) is 3.91. The van der Waals surface area contributed by atoms with E-state index < -0.39 is 0 Å². The Morgan fingerprint density at radius 1 is 1.41 bits per heavy atom. The van der Waals surface area contributed by atoms with Gasteiger partial charge in [-0.15, -0.1) is 0 Å². The summed E-state index contributed by atoms with van der Waals surface area (Å²) in [6, 6.07) is 5.97. The monoisotopic (exact) mass is 228 g/mol. The molecule has 1 unspecified atom stereocenters. The molecule has 0 bridgehead atoms. The van der Waals surface area contributed by atoms with Crippen LogP contribution in [0.1, 0.15) is 18.9 Å². The average Bonchev–Trinajstić information content (AvgIpc) is 2.75. The van der Waals surface area contributed by atoms with Crippen LogP contribution in [0.3, 0.4) is 0 Å². The molecule has 0 saturated carbocycles. The number of nitrogens with zero attached hydrogens (tertiary/aromatic N) is 2. The summed E-state index contributed by atoms with van der Waals surface area (Å²) in [6.07, 6.45) is 3.86. The van der Waals surface area contributed by atoms with Gasteiger partial charge >= 0.3 is 0 Å². The van der Waals surface area contributed by atoms with Crippen molar-refractivity contribution in [3.8, 4) is 0 Å². The first-order valence-corrected chi connectivity index (χ1v) is 5.44. The van der Waals surface area contributed by atoms with Gasteiger partial charge in [-0.1, -0.05) is 6.07 Å². The number of hydrogen-bond acceptors (Lipinski definition) is 3. The summed E-state index contributed by atoms with van der Waals surface area (Å²) in [5.41, 5.74) is 5.07. The Hall–Kier alpha value is -2.17. The first kappa shape index (κ1) is 10.0. The molecule has 0 fully saturated rings. The van der Waals surface area contributed by atoms with Crippen LogP contribution in [-0.4, -0.2) is 22.1 Å². The van der Waals surface area contributed by atoms with Gasteiger partial charge in [0.05, 0.1) is 17.4 Å². The molecule has 86 valence electrons. The third-order valence-corrected chi connectivity index (χ3v) is 3.15. The van der Waals surface area contributed by atoms with Gasteiger partial charge in [0.25, 0.3) is 0 Å². The van der Waals surface area contributed by atoms with Crippen molar-refractivity contribution in [2.45, 2.75) is 18.8 Å². The second-order valence-electron chi connectivity index (χ2n) is 4.52. The second-order valence-corrected chi connectivity index (χ2v) is 4.52. The maximum atomic E-state index is 11.4. The van der Waals surface area contributed by atoms with Crippen LogP contribution in [0.15, 0.2) is 29.6 Å². The van der Waals surface area contributed by atoms with Crippen molar-refractivity contribution in [3.63, 3.8) is 0 Å². The van der Waals surface area contributed by atoms with E-state index in [4.69, 9.17) is 0 Å². The zero-order valence-electron chi connectivity index (χ0n) is 9.40. The van der Waals surface area contributed by atoms with Crippen LogP contribution in [0, 0.1) is 0 Å². The van der Waals surface area contributed by atoms with Crippen LogP contribution in [-0.2, 0) is 10.2 Å². The maximum absolute atomic E-state index is 11.4. The fraction of sp³-hybridized carbons (Fsp3) is 0.250. The van der Waals surface area contributed by atoms with Crippen LogP contribution in [0.25, 0.3) is 11.0 Å². The number of nitrogens with one attached hydrogen (secondary N) is 2. The third kappa shape index (κ3) is 1.60. The zero-order chi connectivity index (χ0) is 11.9. The van der Waals surface area contributed by atoms with Crippen molar-refractivity contribution in [2.75, 3.05) is 0 Å². The Morgan fingerprint density at radius 3 is 3.12 bits per heavy atom. The molecule has 2 heterocycles. The number of carbonyl (C=O) groups excluding carboxylic acids is 1. The topological polar surface area (TPSA) is 70.1 Å². The van der Waals surface area contributed by atoms with E-state index >= 15 is 0 Å².